The van der Waals surface area contributed by atoms with Crippen molar-refractivity contribution in [2.75, 3.05) is 29.2 Å². The summed E-state index contributed by atoms with van der Waals surface area (Å²) in [5.41, 5.74) is 6.51. The van der Waals surface area contributed by atoms with Crippen LogP contribution in [0.1, 0.15) is 0 Å². The van der Waals surface area contributed by atoms with Crippen LogP contribution < -0.4 is 10.6 Å². The predicted molar refractivity (Wildman–Crippen MR) is 67.8 cm³/mol. The standard InChI is InChI=1S/C10H13N5S/c1-15(6-4-16-5-6)9-7-2-3-12-8(7)13-10(11)14-9/h2-3,6H,4-5H2,1H3,(H3,11,12,13,14). The molecule has 0 aliphatic carbocycles. The van der Waals surface area contributed by atoms with E-state index in [2.05, 4.69) is 26.9 Å². The molecule has 0 bridgehead atoms. The van der Waals surface area contributed by atoms with Crippen molar-refractivity contribution in [2.45, 2.75) is 6.04 Å². The lowest BCUT2D eigenvalue weighted by molar-refractivity contribution is 0.736. The summed E-state index contributed by atoms with van der Waals surface area (Å²) < 4.78 is 0. The Labute approximate surface area is 97.4 Å². The molecule has 3 heterocycles. The lowest BCUT2D eigenvalue weighted by Crippen LogP contribution is -2.42. The van der Waals surface area contributed by atoms with E-state index in [0.717, 1.165) is 28.4 Å². The summed E-state index contributed by atoms with van der Waals surface area (Å²) in [5, 5.41) is 1.04. The van der Waals surface area contributed by atoms with Gasteiger partial charge in [-0.1, -0.05) is 0 Å². The summed E-state index contributed by atoms with van der Waals surface area (Å²) in [4.78, 5) is 13.8. The number of hydrogen-bond acceptors (Lipinski definition) is 5. The monoisotopic (exact) mass is 235 g/mol. The molecule has 0 saturated carbocycles. The first-order valence-electron chi connectivity index (χ1n) is 5.17. The van der Waals surface area contributed by atoms with Crippen LogP contribution in [-0.4, -0.2) is 39.5 Å². The van der Waals surface area contributed by atoms with Gasteiger partial charge >= 0.3 is 0 Å². The molecule has 3 N–H and O–H groups in total. The normalized spacial score (nSPS) is 16.3. The topological polar surface area (TPSA) is 70.8 Å². The summed E-state index contributed by atoms with van der Waals surface area (Å²) in [5.74, 6) is 3.57. The number of aromatic nitrogens is 3. The van der Waals surface area contributed by atoms with E-state index in [9.17, 15) is 0 Å². The van der Waals surface area contributed by atoms with Crippen molar-refractivity contribution in [3.8, 4) is 0 Å². The van der Waals surface area contributed by atoms with Gasteiger partial charge in [-0.15, -0.1) is 0 Å². The molecule has 2 aromatic rings. The molecular weight excluding hydrogens is 222 g/mol. The average molecular weight is 235 g/mol. The highest BCUT2D eigenvalue weighted by molar-refractivity contribution is 8.00. The number of fused-ring (bicyclic) bond motifs is 1. The molecule has 84 valence electrons. The highest BCUT2D eigenvalue weighted by Gasteiger charge is 2.25. The van der Waals surface area contributed by atoms with Crippen LogP contribution in [0.2, 0.25) is 0 Å². The van der Waals surface area contributed by atoms with E-state index >= 15 is 0 Å². The van der Waals surface area contributed by atoms with Gasteiger partial charge in [0.1, 0.15) is 11.5 Å². The third-order valence-electron chi connectivity index (χ3n) is 2.92. The summed E-state index contributed by atoms with van der Waals surface area (Å²) in [6, 6.07) is 2.56. The van der Waals surface area contributed by atoms with Crippen molar-refractivity contribution in [2.24, 2.45) is 0 Å². The van der Waals surface area contributed by atoms with Gasteiger partial charge in [0.25, 0.3) is 0 Å². The minimum absolute atomic E-state index is 0.323. The second-order valence-electron chi connectivity index (χ2n) is 3.95. The van der Waals surface area contributed by atoms with Crippen molar-refractivity contribution in [1.29, 1.82) is 0 Å². The Kier molecular flexibility index (Phi) is 2.17. The number of nitrogens with two attached hydrogens (primary N) is 1. The first-order chi connectivity index (χ1) is 7.75. The molecule has 2 aromatic heterocycles. The number of H-pyrrole nitrogens is 1. The number of nitrogen functional groups attached to an aromatic ring is 1. The van der Waals surface area contributed by atoms with Crippen LogP contribution in [0.5, 0.6) is 0 Å². The molecule has 5 nitrogen and oxygen atoms in total. The zero-order valence-corrected chi connectivity index (χ0v) is 9.79. The Morgan fingerprint density at radius 1 is 1.50 bits per heavy atom. The summed E-state index contributed by atoms with van der Waals surface area (Å²) in [7, 11) is 2.07. The average Bonchev–Trinajstić information content (AvgIpc) is 2.60. The van der Waals surface area contributed by atoms with E-state index in [-0.39, 0.29) is 0 Å². The molecular formula is C10H13N5S. The van der Waals surface area contributed by atoms with Crippen LogP contribution in [0.25, 0.3) is 11.0 Å². The Hall–Kier alpha value is -1.43. The van der Waals surface area contributed by atoms with Gasteiger partial charge in [-0.25, -0.2) is 0 Å². The fourth-order valence-electron chi connectivity index (χ4n) is 1.83. The lowest BCUT2D eigenvalue weighted by Gasteiger charge is -2.35. The molecule has 1 aliphatic heterocycles. The first-order valence-corrected chi connectivity index (χ1v) is 6.32. The molecule has 0 radical (unpaired) electrons. The number of aromatic amines is 1. The number of nitrogens with zero attached hydrogens (tertiary/aromatic N) is 3. The van der Waals surface area contributed by atoms with Gasteiger partial charge < -0.3 is 15.6 Å². The van der Waals surface area contributed by atoms with Crippen LogP contribution in [-0.2, 0) is 0 Å². The number of hydrogen-bond donors (Lipinski definition) is 2. The van der Waals surface area contributed by atoms with Crippen molar-refractivity contribution >= 4 is 34.6 Å². The molecule has 0 atom stereocenters. The molecule has 1 fully saturated rings. The van der Waals surface area contributed by atoms with E-state index < -0.39 is 0 Å². The van der Waals surface area contributed by atoms with Crippen molar-refractivity contribution in [3.63, 3.8) is 0 Å². The zero-order chi connectivity index (χ0) is 11.1. The van der Waals surface area contributed by atoms with Gasteiger partial charge in [0.2, 0.25) is 5.95 Å². The van der Waals surface area contributed by atoms with Crippen LogP contribution in [0, 0.1) is 0 Å². The Morgan fingerprint density at radius 2 is 2.31 bits per heavy atom. The second kappa shape index (κ2) is 3.55. The third kappa shape index (κ3) is 1.41. The van der Waals surface area contributed by atoms with Crippen LogP contribution in [0.4, 0.5) is 11.8 Å². The van der Waals surface area contributed by atoms with Crippen molar-refractivity contribution in [3.05, 3.63) is 12.3 Å². The van der Waals surface area contributed by atoms with Crippen LogP contribution in [0.3, 0.4) is 0 Å². The fraction of sp³-hybridized carbons (Fsp3) is 0.400. The third-order valence-corrected chi connectivity index (χ3v) is 4.16. The smallest absolute Gasteiger partial charge is 0.223 e. The molecule has 1 saturated heterocycles. The predicted octanol–water partition coefficient (Wildman–Crippen LogP) is 1.09. The highest BCUT2D eigenvalue weighted by atomic mass is 32.2. The van der Waals surface area contributed by atoms with Gasteiger partial charge in [-0.3, -0.25) is 0 Å². The number of thioether (sulfide) groups is 1. The fourth-order valence-corrected chi connectivity index (χ4v) is 2.72. The molecule has 0 aromatic carbocycles. The second-order valence-corrected chi connectivity index (χ2v) is 5.02. The molecule has 6 heteroatoms. The molecule has 3 rings (SSSR count). The quantitative estimate of drug-likeness (QED) is 0.815. The van der Waals surface area contributed by atoms with Gasteiger partial charge in [-0.05, 0) is 6.07 Å². The largest absolute Gasteiger partial charge is 0.368 e. The zero-order valence-electron chi connectivity index (χ0n) is 8.97. The lowest BCUT2D eigenvalue weighted by atomic mass is 10.3. The first kappa shape index (κ1) is 9.77. The van der Waals surface area contributed by atoms with Crippen molar-refractivity contribution in [1.82, 2.24) is 15.0 Å². The minimum Gasteiger partial charge on any atom is -0.368 e. The van der Waals surface area contributed by atoms with Crippen molar-refractivity contribution < 1.29 is 0 Å². The Bertz CT molecular complexity index is 519. The number of nitrogens with one attached hydrogen (secondary N) is 1. The van der Waals surface area contributed by atoms with E-state index in [1.807, 2.05) is 24.0 Å². The summed E-state index contributed by atoms with van der Waals surface area (Å²) in [6.45, 7) is 0. The minimum atomic E-state index is 0.323. The van der Waals surface area contributed by atoms with Gasteiger partial charge in [0, 0.05) is 30.8 Å². The Balaban J connectivity index is 2.09. The van der Waals surface area contributed by atoms with Gasteiger partial charge in [0.05, 0.1) is 5.39 Å². The Morgan fingerprint density at radius 3 is 3.00 bits per heavy atom. The molecule has 0 amide bonds. The summed E-state index contributed by atoms with van der Waals surface area (Å²) >= 11 is 1.96. The molecule has 1 aliphatic rings. The number of anilines is 2. The van der Waals surface area contributed by atoms with E-state index in [1.165, 1.54) is 0 Å². The van der Waals surface area contributed by atoms with Gasteiger partial charge in [0.15, 0.2) is 0 Å². The SMILES string of the molecule is CN(c1nc(N)nc2[nH]ccc12)C1CSC1. The number of rotatable bonds is 2. The maximum absolute atomic E-state index is 5.71. The summed E-state index contributed by atoms with van der Waals surface area (Å²) in [6.07, 6.45) is 1.87. The van der Waals surface area contributed by atoms with E-state index in [4.69, 9.17) is 5.73 Å². The molecule has 0 spiro atoms. The van der Waals surface area contributed by atoms with E-state index in [1.54, 1.807) is 0 Å². The van der Waals surface area contributed by atoms with Crippen LogP contribution in [0.15, 0.2) is 12.3 Å². The van der Waals surface area contributed by atoms with Crippen LogP contribution >= 0.6 is 11.8 Å². The highest BCUT2D eigenvalue weighted by Crippen LogP contribution is 2.30. The van der Waals surface area contributed by atoms with E-state index in [0.29, 0.717) is 12.0 Å². The maximum atomic E-state index is 5.71. The maximum Gasteiger partial charge on any atom is 0.223 e. The molecule has 0 unspecified atom stereocenters. The molecule has 16 heavy (non-hydrogen) atoms. The van der Waals surface area contributed by atoms with Gasteiger partial charge in [-0.2, -0.15) is 21.7 Å².